The number of nitrogens with zero attached hydrogens (tertiary/aromatic N) is 1. The Bertz CT molecular complexity index is 982. The number of carboxylic acid groups (broad SMARTS) is 1. The van der Waals surface area contributed by atoms with Crippen molar-refractivity contribution in [3.05, 3.63) is 54.1 Å². The van der Waals surface area contributed by atoms with Crippen molar-refractivity contribution in [1.29, 1.82) is 5.26 Å². The molecule has 0 bridgehead atoms. The van der Waals surface area contributed by atoms with Crippen molar-refractivity contribution in [3.8, 4) is 22.9 Å². The van der Waals surface area contributed by atoms with E-state index in [1.54, 1.807) is 12.1 Å². The topological polar surface area (TPSA) is 122 Å². The van der Waals surface area contributed by atoms with Crippen molar-refractivity contribution in [2.45, 2.75) is 43.9 Å². The summed E-state index contributed by atoms with van der Waals surface area (Å²) in [7, 11) is 0. The van der Waals surface area contributed by atoms with E-state index in [1.807, 2.05) is 36.4 Å². The number of hydrogen-bond donors (Lipinski definition) is 4. The number of phenols is 1. The number of nitriles is 1. The number of carboxylic acids is 1. The van der Waals surface area contributed by atoms with Crippen molar-refractivity contribution in [3.63, 3.8) is 0 Å². The van der Waals surface area contributed by atoms with Gasteiger partial charge in [-0.05, 0) is 36.6 Å². The van der Waals surface area contributed by atoms with Crippen LogP contribution in [0.5, 0.6) is 5.75 Å². The first kappa shape index (κ1) is 25.7. The van der Waals surface area contributed by atoms with Crippen LogP contribution in [0.2, 0.25) is 0 Å². The molecule has 0 aliphatic carbocycles. The zero-order valence-electron chi connectivity index (χ0n) is 17.6. The number of carbonyl (C=O) groups is 2. The fourth-order valence-corrected chi connectivity index (χ4v) is 3.25. The molecule has 1 aliphatic heterocycles. The fourth-order valence-electron chi connectivity index (χ4n) is 3.25. The lowest BCUT2D eigenvalue weighted by Gasteiger charge is -2.23. The third kappa shape index (κ3) is 8.12. The minimum absolute atomic E-state index is 0.0953. The number of halogens is 3. The third-order valence-corrected chi connectivity index (χ3v) is 4.95. The Labute approximate surface area is 188 Å². The van der Waals surface area contributed by atoms with Crippen LogP contribution >= 0.6 is 0 Å². The molecule has 2 aromatic rings. The van der Waals surface area contributed by atoms with Gasteiger partial charge in [-0.25, -0.2) is 4.79 Å². The molecule has 0 saturated carbocycles. The molecule has 0 spiro atoms. The first-order valence-corrected chi connectivity index (χ1v) is 10.2. The number of phenolic OH excluding ortho intramolecular Hbond substituents is 1. The maximum Gasteiger partial charge on any atom is 0.490 e. The lowest BCUT2D eigenvalue weighted by Crippen LogP contribution is -2.49. The molecule has 1 saturated heterocycles. The second-order valence-corrected chi connectivity index (χ2v) is 7.41. The maximum absolute atomic E-state index is 12.3. The number of aliphatic carboxylic acids is 1. The van der Waals surface area contributed by atoms with E-state index in [-0.39, 0.29) is 17.7 Å². The Morgan fingerprint density at radius 1 is 1.15 bits per heavy atom. The summed E-state index contributed by atoms with van der Waals surface area (Å²) in [6.45, 7) is 0.850. The molecule has 7 nitrogen and oxygen atoms in total. The monoisotopic (exact) mass is 463 g/mol. The molecular formula is C23H24F3N3O4. The molecule has 1 heterocycles. The van der Waals surface area contributed by atoms with Gasteiger partial charge >= 0.3 is 12.1 Å². The van der Waals surface area contributed by atoms with Gasteiger partial charge in [0.2, 0.25) is 5.91 Å². The number of aromatic hydroxyl groups is 1. The van der Waals surface area contributed by atoms with Crippen LogP contribution in [0.1, 0.15) is 24.8 Å². The molecule has 2 atom stereocenters. The van der Waals surface area contributed by atoms with Crippen LogP contribution in [-0.4, -0.2) is 46.9 Å². The van der Waals surface area contributed by atoms with Gasteiger partial charge in [0.25, 0.3) is 0 Å². The minimum Gasteiger partial charge on any atom is -0.507 e. The van der Waals surface area contributed by atoms with Gasteiger partial charge in [-0.3, -0.25) is 4.79 Å². The van der Waals surface area contributed by atoms with E-state index in [0.717, 1.165) is 42.5 Å². The summed E-state index contributed by atoms with van der Waals surface area (Å²) in [5.74, 6) is -2.61. The van der Waals surface area contributed by atoms with E-state index >= 15 is 0 Å². The molecule has 0 radical (unpaired) electrons. The number of carbonyl (C=O) groups excluding carboxylic acids is 1. The molecule has 2 aromatic carbocycles. The first-order valence-electron chi connectivity index (χ1n) is 10.2. The van der Waals surface area contributed by atoms with Gasteiger partial charge < -0.3 is 20.8 Å². The van der Waals surface area contributed by atoms with E-state index in [2.05, 4.69) is 16.7 Å². The number of hydrogen-bond acceptors (Lipinski definition) is 5. The van der Waals surface area contributed by atoms with Crippen molar-refractivity contribution in [1.82, 2.24) is 10.6 Å². The predicted molar refractivity (Wildman–Crippen MR) is 114 cm³/mol. The molecule has 3 rings (SSSR count). The molecule has 0 aromatic heterocycles. The Morgan fingerprint density at radius 3 is 2.30 bits per heavy atom. The second kappa shape index (κ2) is 11.9. The molecule has 33 heavy (non-hydrogen) atoms. The Morgan fingerprint density at radius 2 is 1.79 bits per heavy atom. The molecular weight excluding hydrogens is 439 g/mol. The SMILES string of the molecule is N#C[C@H](Cc1ccc(-c2ccccc2O)cc1)NC(=O)[C@@H]1CCCCN1.O=C(O)C(F)(F)F. The van der Waals surface area contributed by atoms with E-state index < -0.39 is 18.2 Å². The Hall–Kier alpha value is -3.58. The van der Waals surface area contributed by atoms with Crippen molar-refractivity contribution < 1.29 is 33.0 Å². The molecule has 10 heteroatoms. The summed E-state index contributed by atoms with van der Waals surface area (Å²) in [6.07, 6.45) is -1.68. The average molecular weight is 463 g/mol. The number of piperidine rings is 1. The Kier molecular flexibility index (Phi) is 9.24. The molecule has 0 unspecified atom stereocenters. The van der Waals surface area contributed by atoms with Gasteiger partial charge in [-0.2, -0.15) is 18.4 Å². The first-order chi connectivity index (χ1) is 15.6. The number of alkyl halides is 3. The molecule has 1 fully saturated rings. The van der Waals surface area contributed by atoms with E-state index in [1.165, 1.54) is 0 Å². The maximum atomic E-state index is 12.3. The smallest absolute Gasteiger partial charge is 0.490 e. The van der Waals surface area contributed by atoms with Crippen molar-refractivity contribution in [2.75, 3.05) is 6.54 Å². The van der Waals surface area contributed by atoms with Crippen molar-refractivity contribution >= 4 is 11.9 Å². The number of para-hydroxylation sites is 1. The standard InChI is InChI=1S/C21H23N3O2.C2HF3O2/c22-14-17(24-21(26)19-6-3-4-12-23-19)13-15-8-10-16(11-9-15)18-5-1-2-7-20(18)25;3-2(4,5)1(6)7/h1-2,5,7-11,17,19,23,25H,3-4,6,12-13H2,(H,24,26);(H,6,7)/t17-,19-;/m0./s1. The van der Waals surface area contributed by atoms with Crippen LogP contribution < -0.4 is 10.6 Å². The molecule has 4 N–H and O–H groups in total. The number of amides is 1. The molecule has 176 valence electrons. The minimum atomic E-state index is -5.08. The largest absolute Gasteiger partial charge is 0.507 e. The summed E-state index contributed by atoms with van der Waals surface area (Å²) in [4.78, 5) is 21.2. The summed E-state index contributed by atoms with van der Waals surface area (Å²) >= 11 is 0. The highest BCUT2D eigenvalue weighted by atomic mass is 19.4. The van der Waals surface area contributed by atoms with Gasteiger partial charge in [0.05, 0.1) is 12.1 Å². The predicted octanol–water partition coefficient (Wildman–Crippen LogP) is 3.39. The number of nitrogens with one attached hydrogen (secondary N) is 2. The summed E-state index contributed by atoms with van der Waals surface area (Å²) in [5, 5.41) is 32.5. The lowest BCUT2D eigenvalue weighted by molar-refractivity contribution is -0.192. The third-order valence-electron chi connectivity index (χ3n) is 4.95. The van der Waals surface area contributed by atoms with Gasteiger partial charge in [0, 0.05) is 12.0 Å². The van der Waals surface area contributed by atoms with E-state index in [4.69, 9.17) is 9.90 Å². The Balaban J connectivity index is 0.000000479. The number of benzene rings is 2. The zero-order valence-corrected chi connectivity index (χ0v) is 17.6. The summed E-state index contributed by atoms with van der Waals surface area (Å²) in [6, 6.07) is 16.3. The quantitative estimate of drug-likeness (QED) is 0.539. The zero-order chi connectivity index (χ0) is 24.4. The average Bonchev–Trinajstić information content (AvgIpc) is 2.80. The summed E-state index contributed by atoms with van der Waals surface area (Å²) < 4.78 is 31.7. The number of rotatable bonds is 5. The van der Waals surface area contributed by atoms with Crippen LogP contribution in [0.4, 0.5) is 13.2 Å². The normalized spacial score (nSPS) is 16.5. The van der Waals surface area contributed by atoms with Crippen LogP contribution in [0, 0.1) is 11.3 Å². The van der Waals surface area contributed by atoms with Gasteiger partial charge in [-0.15, -0.1) is 0 Å². The summed E-state index contributed by atoms with van der Waals surface area (Å²) in [5.41, 5.74) is 2.65. The molecule has 1 aliphatic rings. The molecule has 1 amide bonds. The van der Waals surface area contributed by atoms with Gasteiger partial charge in [0.1, 0.15) is 11.8 Å². The van der Waals surface area contributed by atoms with Crippen LogP contribution in [0.15, 0.2) is 48.5 Å². The van der Waals surface area contributed by atoms with E-state index in [9.17, 15) is 28.3 Å². The highest BCUT2D eigenvalue weighted by Gasteiger charge is 2.38. The lowest BCUT2D eigenvalue weighted by atomic mass is 9.99. The van der Waals surface area contributed by atoms with Crippen molar-refractivity contribution in [2.24, 2.45) is 0 Å². The van der Waals surface area contributed by atoms with Crippen LogP contribution in [0.25, 0.3) is 11.1 Å². The highest BCUT2D eigenvalue weighted by Crippen LogP contribution is 2.28. The van der Waals surface area contributed by atoms with Gasteiger partial charge in [0.15, 0.2) is 0 Å². The van der Waals surface area contributed by atoms with E-state index in [0.29, 0.717) is 6.42 Å². The van der Waals surface area contributed by atoms with Gasteiger partial charge in [-0.1, -0.05) is 48.9 Å². The van der Waals surface area contributed by atoms with Crippen LogP contribution in [0.3, 0.4) is 0 Å². The second-order valence-electron chi connectivity index (χ2n) is 7.41. The highest BCUT2D eigenvalue weighted by molar-refractivity contribution is 5.82. The van der Waals surface area contributed by atoms with Crippen LogP contribution in [-0.2, 0) is 16.0 Å². The fraction of sp³-hybridized carbons (Fsp3) is 0.348.